The van der Waals surface area contributed by atoms with E-state index in [0.717, 1.165) is 32.2 Å². The zero-order valence-electron chi connectivity index (χ0n) is 7.75. The van der Waals surface area contributed by atoms with Crippen LogP contribution in [0, 0.1) is 18.3 Å². The van der Waals surface area contributed by atoms with E-state index in [9.17, 15) is 0 Å². The number of nitrogens with zero attached hydrogens (tertiary/aromatic N) is 1. The van der Waals surface area contributed by atoms with E-state index < -0.39 is 0 Å². The topological polar surface area (TPSA) is 12.5 Å². The minimum absolute atomic E-state index is 0.754. The summed E-state index contributed by atoms with van der Waals surface area (Å²) >= 11 is 0. The van der Waals surface area contributed by atoms with Crippen molar-refractivity contribution in [2.75, 3.05) is 33.4 Å². The predicted octanol–water partition coefficient (Wildman–Crippen LogP) is 0.978. The van der Waals surface area contributed by atoms with Gasteiger partial charge in [-0.05, 0) is 31.8 Å². The summed E-state index contributed by atoms with van der Waals surface area (Å²) in [6.45, 7) is 3.99. The first-order chi connectivity index (χ1) is 5.86. The normalized spacial score (nSPS) is 20.7. The molecule has 0 aromatic rings. The van der Waals surface area contributed by atoms with Gasteiger partial charge in [0.25, 0.3) is 0 Å². The Morgan fingerprint density at radius 3 is 2.67 bits per heavy atom. The maximum absolute atomic E-state index is 5.24. The van der Waals surface area contributed by atoms with Crippen molar-refractivity contribution in [1.82, 2.24) is 4.90 Å². The lowest BCUT2D eigenvalue weighted by molar-refractivity contribution is 0.105. The second-order valence-corrected chi connectivity index (χ2v) is 3.38. The van der Waals surface area contributed by atoms with E-state index in [4.69, 9.17) is 11.2 Å². The SMILES string of the molecule is C#CCN1CCC(COC)CC1. The third kappa shape index (κ3) is 2.84. The van der Waals surface area contributed by atoms with Crippen LogP contribution in [0.5, 0.6) is 0 Å². The number of rotatable bonds is 3. The number of likely N-dealkylation sites (tertiary alicyclic amines) is 1. The summed E-state index contributed by atoms with van der Waals surface area (Å²) in [5, 5.41) is 0. The fraction of sp³-hybridized carbons (Fsp3) is 0.800. The van der Waals surface area contributed by atoms with Gasteiger partial charge in [-0.3, -0.25) is 4.90 Å². The summed E-state index contributed by atoms with van der Waals surface area (Å²) in [4.78, 5) is 2.33. The smallest absolute Gasteiger partial charge is 0.0598 e. The van der Waals surface area contributed by atoms with Gasteiger partial charge < -0.3 is 4.74 Å². The predicted molar refractivity (Wildman–Crippen MR) is 49.9 cm³/mol. The average molecular weight is 167 g/mol. The summed E-state index contributed by atoms with van der Waals surface area (Å²) in [7, 11) is 1.77. The molecule has 0 unspecified atom stereocenters. The highest BCUT2D eigenvalue weighted by Crippen LogP contribution is 2.16. The van der Waals surface area contributed by atoms with Crippen LogP contribution in [0.3, 0.4) is 0 Å². The van der Waals surface area contributed by atoms with Crippen LogP contribution in [-0.4, -0.2) is 38.3 Å². The summed E-state index contributed by atoms with van der Waals surface area (Å²) in [6, 6.07) is 0. The molecule has 0 radical (unpaired) electrons. The number of methoxy groups -OCH3 is 1. The molecule has 12 heavy (non-hydrogen) atoms. The van der Waals surface area contributed by atoms with E-state index in [1.165, 1.54) is 12.8 Å². The molecule has 68 valence electrons. The van der Waals surface area contributed by atoms with E-state index >= 15 is 0 Å². The Bertz CT molecular complexity index is 154. The molecule has 0 aromatic heterocycles. The summed E-state index contributed by atoms with van der Waals surface area (Å²) < 4.78 is 5.12. The van der Waals surface area contributed by atoms with E-state index in [2.05, 4.69) is 10.8 Å². The molecule has 1 saturated heterocycles. The standard InChI is InChI=1S/C10H17NO/c1-3-6-11-7-4-10(5-8-11)9-12-2/h1,10H,4-9H2,2H3. The maximum atomic E-state index is 5.24. The van der Waals surface area contributed by atoms with Gasteiger partial charge in [0.2, 0.25) is 0 Å². The van der Waals surface area contributed by atoms with Crippen LogP contribution in [0.4, 0.5) is 0 Å². The van der Waals surface area contributed by atoms with Crippen LogP contribution >= 0.6 is 0 Å². The summed E-state index contributed by atoms with van der Waals surface area (Å²) in [5.74, 6) is 3.43. The van der Waals surface area contributed by atoms with Gasteiger partial charge in [0, 0.05) is 13.7 Å². The second kappa shape index (κ2) is 5.18. The molecule has 0 aromatic carbocycles. The van der Waals surface area contributed by atoms with E-state index in [1.807, 2.05) is 0 Å². The number of piperidine rings is 1. The number of ether oxygens (including phenoxy) is 1. The lowest BCUT2D eigenvalue weighted by atomic mass is 9.98. The van der Waals surface area contributed by atoms with E-state index in [0.29, 0.717) is 0 Å². The Morgan fingerprint density at radius 2 is 2.17 bits per heavy atom. The molecular weight excluding hydrogens is 150 g/mol. The van der Waals surface area contributed by atoms with Crippen molar-refractivity contribution >= 4 is 0 Å². The van der Waals surface area contributed by atoms with Gasteiger partial charge in [-0.25, -0.2) is 0 Å². The number of hydrogen-bond donors (Lipinski definition) is 0. The van der Waals surface area contributed by atoms with Crippen LogP contribution in [0.2, 0.25) is 0 Å². The highest BCUT2D eigenvalue weighted by molar-refractivity contribution is 4.89. The third-order valence-electron chi connectivity index (χ3n) is 2.42. The van der Waals surface area contributed by atoms with Crippen LogP contribution in [0.1, 0.15) is 12.8 Å². The minimum Gasteiger partial charge on any atom is -0.384 e. The average Bonchev–Trinajstić information content (AvgIpc) is 2.09. The highest BCUT2D eigenvalue weighted by Gasteiger charge is 2.17. The Morgan fingerprint density at radius 1 is 1.50 bits per heavy atom. The zero-order chi connectivity index (χ0) is 8.81. The molecule has 2 nitrogen and oxygen atoms in total. The van der Waals surface area contributed by atoms with Crippen LogP contribution in [-0.2, 0) is 4.74 Å². The first kappa shape index (κ1) is 9.57. The van der Waals surface area contributed by atoms with Crippen LogP contribution in [0.15, 0.2) is 0 Å². The maximum Gasteiger partial charge on any atom is 0.0598 e. The van der Waals surface area contributed by atoms with Crippen molar-refractivity contribution in [3.63, 3.8) is 0 Å². The number of terminal acetylenes is 1. The molecule has 0 bridgehead atoms. The minimum atomic E-state index is 0.754. The largest absolute Gasteiger partial charge is 0.384 e. The van der Waals surface area contributed by atoms with Crippen LogP contribution in [0.25, 0.3) is 0 Å². The molecule has 0 atom stereocenters. The van der Waals surface area contributed by atoms with Crippen LogP contribution < -0.4 is 0 Å². The van der Waals surface area contributed by atoms with Crippen molar-refractivity contribution in [2.24, 2.45) is 5.92 Å². The van der Waals surface area contributed by atoms with Crippen molar-refractivity contribution in [3.8, 4) is 12.3 Å². The van der Waals surface area contributed by atoms with Crippen molar-refractivity contribution in [3.05, 3.63) is 0 Å². The summed E-state index contributed by atoms with van der Waals surface area (Å²) in [5.41, 5.74) is 0. The molecule has 1 aliphatic heterocycles. The van der Waals surface area contributed by atoms with Gasteiger partial charge in [-0.2, -0.15) is 0 Å². The first-order valence-corrected chi connectivity index (χ1v) is 4.51. The molecule has 1 rings (SSSR count). The van der Waals surface area contributed by atoms with E-state index in [1.54, 1.807) is 7.11 Å². The van der Waals surface area contributed by atoms with E-state index in [-0.39, 0.29) is 0 Å². The fourth-order valence-corrected chi connectivity index (χ4v) is 1.68. The molecule has 0 aliphatic carbocycles. The number of hydrogen-bond acceptors (Lipinski definition) is 2. The zero-order valence-corrected chi connectivity index (χ0v) is 7.75. The molecule has 1 fully saturated rings. The summed E-state index contributed by atoms with van der Waals surface area (Å²) in [6.07, 6.45) is 7.70. The van der Waals surface area contributed by atoms with Gasteiger partial charge in [0.1, 0.15) is 0 Å². The van der Waals surface area contributed by atoms with Crippen molar-refractivity contribution in [1.29, 1.82) is 0 Å². The van der Waals surface area contributed by atoms with Gasteiger partial charge in [0.05, 0.1) is 6.54 Å². The van der Waals surface area contributed by atoms with Gasteiger partial charge in [-0.15, -0.1) is 6.42 Å². The lowest BCUT2D eigenvalue weighted by Gasteiger charge is -2.29. The van der Waals surface area contributed by atoms with Gasteiger partial charge in [0.15, 0.2) is 0 Å². The van der Waals surface area contributed by atoms with Crippen molar-refractivity contribution in [2.45, 2.75) is 12.8 Å². The lowest BCUT2D eigenvalue weighted by Crippen LogP contribution is -2.35. The monoisotopic (exact) mass is 167 g/mol. The molecule has 1 aliphatic rings. The fourth-order valence-electron chi connectivity index (χ4n) is 1.68. The molecule has 0 N–H and O–H groups in total. The quantitative estimate of drug-likeness (QED) is 0.581. The second-order valence-electron chi connectivity index (χ2n) is 3.38. The highest BCUT2D eigenvalue weighted by atomic mass is 16.5. The molecule has 0 amide bonds. The molecular formula is C10H17NO. The molecule has 0 spiro atoms. The van der Waals surface area contributed by atoms with Gasteiger partial charge in [-0.1, -0.05) is 5.92 Å². The Hall–Kier alpha value is -0.520. The van der Waals surface area contributed by atoms with Gasteiger partial charge >= 0.3 is 0 Å². The molecule has 1 heterocycles. The van der Waals surface area contributed by atoms with Crippen molar-refractivity contribution < 1.29 is 4.74 Å². The Kier molecular flexibility index (Phi) is 4.13. The first-order valence-electron chi connectivity index (χ1n) is 4.51. The molecule has 0 saturated carbocycles. The Labute approximate surface area is 74.9 Å². The Balaban J connectivity index is 2.16. The molecule has 2 heteroatoms. The third-order valence-corrected chi connectivity index (χ3v) is 2.42.